The molecule has 0 N–H and O–H groups in total. The summed E-state index contributed by atoms with van der Waals surface area (Å²) in [6.07, 6.45) is 6.97. The molecule has 2 fully saturated rings. The van der Waals surface area contributed by atoms with Crippen LogP contribution in [0.5, 0.6) is 0 Å². The van der Waals surface area contributed by atoms with Crippen molar-refractivity contribution in [3.63, 3.8) is 0 Å². The lowest BCUT2D eigenvalue weighted by Crippen LogP contribution is -2.55. The van der Waals surface area contributed by atoms with Crippen LogP contribution in [0.2, 0.25) is 18.1 Å². The Labute approximate surface area is 132 Å². The Hall–Kier alpha value is 0.0969. The molecule has 3 nitrogen and oxygen atoms in total. The van der Waals surface area contributed by atoms with Crippen molar-refractivity contribution in [3.8, 4) is 0 Å². The summed E-state index contributed by atoms with van der Waals surface area (Å²) in [6.45, 7) is 15.3. The third-order valence-electron chi connectivity index (χ3n) is 5.76. The van der Waals surface area contributed by atoms with Crippen LogP contribution < -0.4 is 0 Å². The van der Waals surface area contributed by atoms with E-state index in [1.54, 1.807) is 0 Å². The van der Waals surface area contributed by atoms with Crippen molar-refractivity contribution < 1.29 is 9.16 Å². The summed E-state index contributed by atoms with van der Waals surface area (Å²) in [5.41, 5.74) is 0. The maximum atomic E-state index is 6.47. The van der Waals surface area contributed by atoms with Crippen LogP contribution >= 0.6 is 0 Å². The Kier molecular flexibility index (Phi) is 5.91. The summed E-state index contributed by atoms with van der Waals surface area (Å²) in [5.74, 6) is 0. The van der Waals surface area contributed by atoms with Crippen molar-refractivity contribution in [2.24, 2.45) is 0 Å². The lowest BCUT2D eigenvalue weighted by molar-refractivity contribution is -0.0514. The van der Waals surface area contributed by atoms with Gasteiger partial charge in [0, 0.05) is 12.6 Å². The molecule has 0 aromatic carbocycles. The van der Waals surface area contributed by atoms with Crippen molar-refractivity contribution in [3.05, 3.63) is 0 Å². The van der Waals surface area contributed by atoms with Crippen LogP contribution in [-0.2, 0) is 9.16 Å². The average molecular weight is 314 g/mol. The Bertz CT molecular complexity index is 321. The van der Waals surface area contributed by atoms with Crippen molar-refractivity contribution in [1.29, 1.82) is 0 Å². The largest absolute Gasteiger partial charge is 0.415 e. The number of rotatable bonds is 4. The summed E-state index contributed by atoms with van der Waals surface area (Å²) in [6, 6.07) is 1.24. The van der Waals surface area contributed by atoms with Gasteiger partial charge in [0.1, 0.15) is 0 Å². The SMILES string of the molecule is CC(C)(C)[Si](C)(C)OC[C@@H]1COCCN1C1CCCCC1. The van der Waals surface area contributed by atoms with E-state index in [2.05, 4.69) is 38.8 Å². The highest BCUT2D eigenvalue weighted by atomic mass is 28.4. The van der Waals surface area contributed by atoms with Crippen LogP contribution in [0.3, 0.4) is 0 Å². The summed E-state index contributed by atoms with van der Waals surface area (Å²) >= 11 is 0. The number of morpholine rings is 1. The smallest absolute Gasteiger partial charge is 0.192 e. The Balaban J connectivity index is 1.92. The number of ether oxygens (including phenoxy) is 1. The van der Waals surface area contributed by atoms with Gasteiger partial charge < -0.3 is 9.16 Å². The molecule has 1 aliphatic carbocycles. The lowest BCUT2D eigenvalue weighted by Gasteiger charge is -2.44. The number of nitrogens with zero attached hydrogens (tertiary/aromatic N) is 1. The van der Waals surface area contributed by atoms with Crippen LogP contribution in [0.15, 0.2) is 0 Å². The maximum Gasteiger partial charge on any atom is 0.192 e. The van der Waals surface area contributed by atoms with Gasteiger partial charge in [-0.05, 0) is 31.0 Å². The monoisotopic (exact) mass is 313 g/mol. The molecule has 1 aliphatic heterocycles. The Morgan fingerprint density at radius 1 is 1.14 bits per heavy atom. The molecule has 0 aromatic heterocycles. The molecule has 1 heterocycles. The highest BCUT2D eigenvalue weighted by molar-refractivity contribution is 6.74. The van der Waals surface area contributed by atoms with Crippen molar-refractivity contribution >= 4 is 8.32 Å². The summed E-state index contributed by atoms with van der Waals surface area (Å²) in [7, 11) is -1.65. The molecule has 0 amide bonds. The summed E-state index contributed by atoms with van der Waals surface area (Å²) in [4.78, 5) is 2.70. The van der Waals surface area contributed by atoms with Crippen LogP contribution in [0.4, 0.5) is 0 Å². The van der Waals surface area contributed by atoms with E-state index in [1.807, 2.05) is 0 Å². The third kappa shape index (κ3) is 4.53. The summed E-state index contributed by atoms with van der Waals surface area (Å²) in [5, 5.41) is 0.290. The van der Waals surface area contributed by atoms with Crippen LogP contribution in [0.1, 0.15) is 52.9 Å². The summed E-state index contributed by atoms with van der Waals surface area (Å²) < 4.78 is 12.2. The van der Waals surface area contributed by atoms with Gasteiger partial charge >= 0.3 is 0 Å². The molecule has 1 saturated carbocycles. The fourth-order valence-electron chi connectivity index (χ4n) is 3.23. The number of hydrogen-bond acceptors (Lipinski definition) is 3. The van der Waals surface area contributed by atoms with Crippen molar-refractivity contribution in [1.82, 2.24) is 4.90 Å². The van der Waals surface area contributed by atoms with E-state index in [1.165, 1.54) is 32.1 Å². The Morgan fingerprint density at radius 2 is 1.81 bits per heavy atom. The highest BCUT2D eigenvalue weighted by Crippen LogP contribution is 2.37. The van der Waals surface area contributed by atoms with Gasteiger partial charge in [0.25, 0.3) is 0 Å². The molecule has 2 rings (SSSR count). The second kappa shape index (κ2) is 7.11. The quantitative estimate of drug-likeness (QED) is 0.731. The maximum absolute atomic E-state index is 6.47. The standard InChI is InChI=1S/C17H35NO2Si/c1-17(2,3)21(4,5)20-14-16-13-19-12-11-18(16)15-9-7-6-8-10-15/h15-16H,6-14H2,1-5H3/t16-/m0/s1. The van der Waals surface area contributed by atoms with Gasteiger partial charge in [0.05, 0.1) is 25.9 Å². The molecule has 0 radical (unpaired) electrons. The van der Waals surface area contributed by atoms with E-state index >= 15 is 0 Å². The zero-order valence-electron chi connectivity index (χ0n) is 14.8. The molecule has 0 bridgehead atoms. The normalized spacial score (nSPS) is 27.0. The molecule has 0 spiro atoms. The molecule has 1 atom stereocenters. The fourth-order valence-corrected chi connectivity index (χ4v) is 4.27. The van der Waals surface area contributed by atoms with E-state index in [0.717, 1.165) is 32.4 Å². The van der Waals surface area contributed by atoms with Gasteiger partial charge in [-0.3, -0.25) is 4.90 Å². The van der Waals surface area contributed by atoms with Crippen LogP contribution in [0.25, 0.3) is 0 Å². The van der Waals surface area contributed by atoms with Crippen molar-refractivity contribution in [2.45, 2.75) is 83.1 Å². The second-order valence-corrected chi connectivity index (χ2v) is 13.1. The van der Waals surface area contributed by atoms with E-state index in [-0.39, 0.29) is 5.04 Å². The molecule has 1 saturated heterocycles. The molecule has 21 heavy (non-hydrogen) atoms. The fraction of sp³-hybridized carbons (Fsp3) is 1.00. The van der Waals surface area contributed by atoms with Crippen LogP contribution in [0, 0.1) is 0 Å². The lowest BCUT2D eigenvalue weighted by atomic mass is 9.93. The second-order valence-electron chi connectivity index (χ2n) is 8.33. The minimum absolute atomic E-state index is 0.290. The molecule has 124 valence electrons. The minimum Gasteiger partial charge on any atom is -0.415 e. The molecular weight excluding hydrogens is 278 g/mol. The van der Waals surface area contributed by atoms with Gasteiger partial charge in [-0.25, -0.2) is 0 Å². The first-order chi connectivity index (χ1) is 9.81. The molecule has 2 aliphatic rings. The predicted octanol–water partition coefficient (Wildman–Crippen LogP) is 4.04. The molecule has 0 unspecified atom stereocenters. The molecule has 4 heteroatoms. The highest BCUT2D eigenvalue weighted by Gasteiger charge is 2.39. The molecule has 0 aromatic rings. The average Bonchev–Trinajstić information content (AvgIpc) is 2.45. The van der Waals surface area contributed by atoms with Gasteiger partial charge in [-0.1, -0.05) is 40.0 Å². The van der Waals surface area contributed by atoms with E-state index in [0.29, 0.717) is 6.04 Å². The van der Waals surface area contributed by atoms with Gasteiger partial charge in [0.15, 0.2) is 8.32 Å². The zero-order valence-corrected chi connectivity index (χ0v) is 15.8. The number of hydrogen-bond donors (Lipinski definition) is 0. The third-order valence-corrected chi connectivity index (χ3v) is 10.3. The first-order valence-corrected chi connectivity index (χ1v) is 11.7. The molecular formula is C17H35NO2Si. The van der Waals surface area contributed by atoms with E-state index in [9.17, 15) is 0 Å². The van der Waals surface area contributed by atoms with Crippen LogP contribution in [-0.4, -0.2) is 51.7 Å². The minimum atomic E-state index is -1.65. The van der Waals surface area contributed by atoms with E-state index < -0.39 is 8.32 Å². The topological polar surface area (TPSA) is 21.7 Å². The Morgan fingerprint density at radius 3 is 2.43 bits per heavy atom. The van der Waals surface area contributed by atoms with Gasteiger partial charge in [0.2, 0.25) is 0 Å². The first-order valence-electron chi connectivity index (χ1n) is 8.79. The van der Waals surface area contributed by atoms with E-state index in [4.69, 9.17) is 9.16 Å². The van der Waals surface area contributed by atoms with Gasteiger partial charge in [-0.2, -0.15) is 0 Å². The van der Waals surface area contributed by atoms with Crippen molar-refractivity contribution in [2.75, 3.05) is 26.4 Å². The zero-order chi connectivity index (χ0) is 15.5. The predicted molar refractivity (Wildman–Crippen MR) is 91.3 cm³/mol. The van der Waals surface area contributed by atoms with Gasteiger partial charge in [-0.15, -0.1) is 0 Å². The first kappa shape index (κ1) is 17.5.